The highest BCUT2D eigenvalue weighted by Gasteiger charge is 2.35. The van der Waals surface area contributed by atoms with Crippen LogP contribution in [-0.2, 0) is 0 Å². The molecule has 2 aliphatic rings. The summed E-state index contributed by atoms with van der Waals surface area (Å²) in [5.74, 6) is 2.05. The molecule has 4 heterocycles. The van der Waals surface area contributed by atoms with Crippen molar-refractivity contribution in [3.05, 3.63) is 53.5 Å². The van der Waals surface area contributed by atoms with Crippen LogP contribution in [0.2, 0.25) is 0 Å². The lowest BCUT2D eigenvalue weighted by Gasteiger charge is -2.40. The molecule has 2 amide bonds. The predicted octanol–water partition coefficient (Wildman–Crippen LogP) is 4.40. The van der Waals surface area contributed by atoms with Gasteiger partial charge in [0.2, 0.25) is 0 Å². The zero-order valence-electron chi connectivity index (χ0n) is 18.9. The minimum absolute atomic E-state index is 0.0640. The number of urea groups is 1. The normalized spacial score (nSPS) is 19.9. The van der Waals surface area contributed by atoms with Gasteiger partial charge in [0.15, 0.2) is 0 Å². The molecule has 1 atom stereocenters. The number of fused-ring (bicyclic) bond motifs is 1. The maximum atomic E-state index is 13.9. The van der Waals surface area contributed by atoms with Gasteiger partial charge in [-0.1, -0.05) is 23.4 Å². The molecule has 1 N–H and O–H groups in total. The van der Waals surface area contributed by atoms with E-state index in [1.165, 1.54) is 0 Å². The highest BCUT2D eigenvalue weighted by Crippen LogP contribution is 2.33. The second kappa shape index (κ2) is 8.90. The summed E-state index contributed by atoms with van der Waals surface area (Å²) < 4.78 is 5.49. The number of benzene rings is 1. The number of hydrogen-bond acceptors (Lipinski definition) is 5. The summed E-state index contributed by atoms with van der Waals surface area (Å²) in [6, 6.07) is 10.5. The van der Waals surface area contributed by atoms with Gasteiger partial charge in [-0.3, -0.25) is 4.90 Å². The smallest absolute Gasteiger partial charge is 0.325 e. The Hall–Kier alpha value is -2.93. The summed E-state index contributed by atoms with van der Waals surface area (Å²) in [6.07, 6.45) is 5.64. The van der Waals surface area contributed by atoms with Gasteiger partial charge in [-0.2, -0.15) is 0 Å². The molecule has 2 fully saturated rings. The third-order valence-electron chi connectivity index (χ3n) is 6.86. The zero-order chi connectivity index (χ0) is 22.1. The van der Waals surface area contributed by atoms with Gasteiger partial charge in [0.1, 0.15) is 11.6 Å². The number of pyridine rings is 1. The van der Waals surface area contributed by atoms with E-state index in [0.29, 0.717) is 19.0 Å². The fourth-order valence-corrected chi connectivity index (χ4v) is 5.13. The Morgan fingerprint density at radius 2 is 2.03 bits per heavy atom. The average Bonchev–Trinajstić information content (AvgIpc) is 3.26. The summed E-state index contributed by atoms with van der Waals surface area (Å²) in [5, 5.41) is 9.70. The number of likely N-dealkylation sites (tertiary alicyclic amines) is 1. The second-order valence-electron chi connectivity index (χ2n) is 9.09. The van der Waals surface area contributed by atoms with Crippen molar-refractivity contribution in [2.45, 2.75) is 51.5 Å². The van der Waals surface area contributed by atoms with E-state index in [4.69, 9.17) is 9.51 Å². The first kappa shape index (κ1) is 20.9. The van der Waals surface area contributed by atoms with Crippen molar-refractivity contribution in [2.75, 3.05) is 31.1 Å². The lowest BCUT2D eigenvalue weighted by atomic mass is 9.94. The van der Waals surface area contributed by atoms with Gasteiger partial charge < -0.3 is 14.7 Å². The van der Waals surface area contributed by atoms with E-state index < -0.39 is 0 Å². The van der Waals surface area contributed by atoms with Crippen molar-refractivity contribution in [3.8, 4) is 0 Å². The number of rotatable bonds is 3. The van der Waals surface area contributed by atoms with Crippen molar-refractivity contribution in [2.24, 2.45) is 0 Å². The minimum Gasteiger partial charge on any atom is -0.361 e. The third-order valence-corrected chi connectivity index (χ3v) is 6.86. The third kappa shape index (κ3) is 3.97. The first-order valence-electron chi connectivity index (χ1n) is 11.7. The van der Waals surface area contributed by atoms with Crippen LogP contribution in [-0.4, -0.2) is 53.3 Å². The van der Waals surface area contributed by atoms with Crippen LogP contribution >= 0.6 is 0 Å². The second-order valence-corrected chi connectivity index (χ2v) is 9.09. The Balaban J connectivity index is 1.44. The number of carbonyl (C=O) groups is 1. The van der Waals surface area contributed by atoms with Gasteiger partial charge in [-0.15, -0.1) is 0 Å². The summed E-state index contributed by atoms with van der Waals surface area (Å²) in [7, 11) is 0. The molecule has 2 aliphatic heterocycles. The first-order chi connectivity index (χ1) is 15.6. The van der Waals surface area contributed by atoms with Crippen LogP contribution < -0.4 is 10.2 Å². The summed E-state index contributed by atoms with van der Waals surface area (Å²) >= 11 is 0. The van der Waals surface area contributed by atoms with Crippen LogP contribution in [0.5, 0.6) is 0 Å². The van der Waals surface area contributed by atoms with E-state index in [-0.39, 0.29) is 12.1 Å². The lowest BCUT2D eigenvalue weighted by Crippen LogP contribution is -2.55. The first-order valence-corrected chi connectivity index (χ1v) is 11.7. The molecule has 1 unspecified atom stereocenters. The van der Waals surface area contributed by atoms with Gasteiger partial charge in [-0.25, -0.2) is 9.78 Å². The van der Waals surface area contributed by atoms with E-state index in [9.17, 15) is 4.79 Å². The van der Waals surface area contributed by atoms with Gasteiger partial charge in [0.25, 0.3) is 0 Å². The maximum Gasteiger partial charge on any atom is 0.325 e. The zero-order valence-corrected chi connectivity index (χ0v) is 18.9. The molecule has 7 nitrogen and oxygen atoms in total. The molecule has 32 heavy (non-hydrogen) atoms. The highest BCUT2D eigenvalue weighted by atomic mass is 16.5. The van der Waals surface area contributed by atoms with Crippen LogP contribution in [0.1, 0.15) is 48.6 Å². The average molecular weight is 434 g/mol. The number of amides is 2. The van der Waals surface area contributed by atoms with Crippen LogP contribution in [0.15, 0.2) is 41.1 Å². The van der Waals surface area contributed by atoms with E-state index in [2.05, 4.69) is 35.6 Å². The SMILES string of the molecule is Cc1cc(C2CCN(C(=O)N(c3nccc4cccc(C)c34)C3CCCNC3)CC2)on1. The lowest BCUT2D eigenvalue weighted by molar-refractivity contribution is 0.178. The number of hydrogen-bond donors (Lipinski definition) is 1. The predicted molar refractivity (Wildman–Crippen MR) is 125 cm³/mol. The number of aromatic nitrogens is 2. The molecule has 0 aliphatic carbocycles. The Morgan fingerprint density at radius 1 is 1.19 bits per heavy atom. The summed E-state index contributed by atoms with van der Waals surface area (Å²) in [4.78, 5) is 22.7. The largest absolute Gasteiger partial charge is 0.361 e. The van der Waals surface area contributed by atoms with Crippen molar-refractivity contribution in [1.29, 1.82) is 0 Å². The van der Waals surface area contributed by atoms with Gasteiger partial charge in [0.05, 0.1) is 11.7 Å². The number of piperidine rings is 2. The molecule has 5 rings (SSSR count). The van der Waals surface area contributed by atoms with Crippen molar-refractivity contribution in [3.63, 3.8) is 0 Å². The molecule has 2 aromatic heterocycles. The van der Waals surface area contributed by atoms with Crippen molar-refractivity contribution >= 4 is 22.6 Å². The Morgan fingerprint density at radius 3 is 2.75 bits per heavy atom. The molecule has 0 spiro atoms. The fraction of sp³-hybridized carbons (Fsp3) is 0.480. The Bertz CT molecular complexity index is 1090. The van der Waals surface area contributed by atoms with Crippen LogP contribution in [0, 0.1) is 13.8 Å². The molecule has 3 aromatic rings. The van der Waals surface area contributed by atoms with Gasteiger partial charge in [-0.05, 0) is 63.1 Å². The van der Waals surface area contributed by atoms with E-state index >= 15 is 0 Å². The number of anilines is 1. The molecular formula is C25H31N5O2. The highest BCUT2D eigenvalue weighted by molar-refractivity contribution is 6.03. The topological polar surface area (TPSA) is 74.5 Å². The maximum absolute atomic E-state index is 13.9. The summed E-state index contributed by atoms with van der Waals surface area (Å²) in [5.41, 5.74) is 2.05. The van der Waals surface area contributed by atoms with Gasteiger partial charge in [0, 0.05) is 43.2 Å². The molecule has 7 heteroatoms. The van der Waals surface area contributed by atoms with Crippen LogP contribution in [0.4, 0.5) is 10.6 Å². The monoisotopic (exact) mass is 433 g/mol. The molecule has 168 valence electrons. The summed E-state index contributed by atoms with van der Waals surface area (Å²) in [6.45, 7) is 7.26. The number of aryl methyl sites for hydroxylation is 2. The quantitative estimate of drug-likeness (QED) is 0.663. The van der Waals surface area contributed by atoms with E-state index in [1.807, 2.05) is 35.1 Å². The van der Waals surface area contributed by atoms with Crippen LogP contribution in [0.25, 0.3) is 10.8 Å². The molecule has 0 saturated carbocycles. The van der Waals surface area contributed by atoms with E-state index in [1.54, 1.807) is 0 Å². The molecule has 0 radical (unpaired) electrons. The molecular weight excluding hydrogens is 402 g/mol. The fourth-order valence-electron chi connectivity index (χ4n) is 5.13. The Kier molecular flexibility index (Phi) is 5.83. The van der Waals surface area contributed by atoms with E-state index in [0.717, 1.165) is 72.4 Å². The van der Waals surface area contributed by atoms with Gasteiger partial charge >= 0.3 is 6.03 Å². The number of nitrogens with zero attached hydrogens (tertiary/aromatic N) is 4. The standard InChI is InChI=1S/C25H31N5O2/c1-17-5-3-6-20-8-12-27-24(23(17)20)30(21-7-4-11-26-16-21)25(31)29-13-9-19(10-14-29)22-15-18(2)28-32-22/h3,5-6,8,12,15,19,21,26H,4,7,9-11,13-14,16H2,1-2H3. The Labute approximate surface area is 188 Å². The van der Waals surface area contributed by atoms with Crippen molar-refractivity contribution < 1.29 is 9.32 Å². The molecule has 0 bridgehead atoms. The number of carbonyl (C=O) groups excluding carboxylic acids is 1. The van der Waals surface area contributed by atoms with Crippen LogP contribution in [0.3, 0.4) is 0 Å². The minimum atomic E-state index is 0.0640. The molecule has 1 aromatic carbocycles. The van der Waals surface area contributed by atoms with Crippen molar-refractivity contribution in [1.82, 2.24) is 20.4 Å². The molecule has 2 saturated heterocycles. The number of nitrogens with one attached hydrogen (secondary N) is 1.